The first kappa shape index (κ1) is 10.7. The Balaban J connectivity index is 3.03. The molecule has 0 heterocycles. The Morgan fingerprint density at radius 3 is 2.45 bits per heavy atom. The van der Waals surface area contributed by atoms with E-state index in [1.807, 2.05) is 0 Å². The summed E-state index contributed by atoms with van der Waals surface area (Å²) >= 11 is 0. The highest BCUT2D eigenvalue weighted by Gasteiger charge is 1.90. The van der Waals surface area contributed by atoms with Crippen LogP contribution < -0.4 is 0 Å². The number of hydrogen-bond donors (Lipinski definition) is 2. The molecule has 0 fully saturated rings. The summed E-state index contributed by atoms with van der Waals surface area (Å²) in [6.45, 7) is 2.06. The van der Waals surface area contributed by atoms with Gasteiger partial charge in [-0.25, -0.2) is 0 Å². The van der Waals surface area contributed by atoms with Crippen LogP contribution in [0.4, 0.5) is 0 Å². The van der Waals surface area contributed by atoms with E-state index in [4.69, 9.17) is 10.2 Å². The fourth-order valence-electron chi connectivity index (χ4n) is 0.782. The summed E-state index contributed by atoms with van der Waals surface area (Å²) in [7, 11) is 0. The first-order chi connectivity index (χ1) is 5.27. The Morgan fingerprint density at radius 1 is 1.27 bits per heavy atom. The fourth-order valence-corrected chi connectivity index (χ4v) is 0.782. The highest BCUT2D eigenvalue weighted by Crippen LogP contribution is 1.98. The van der Waals surface area contributed by atoms with E-state index in [-0.39, 0.29) is 12.7 Å². The maximum atomic E-state index is 8.88. The second-order valence-electron chi connectivity index (χ2n) is 2.76. The maximum Gasteiger partial charge on any atom is 0.0515 e. The normalized spacial score (nSPS) is 14.1. The van der Waals surface area contributed by atoms with Crippen molar-refractivity contribution in [3.8, 4) is 0 Å². The molecule has 0 aliphatic rings. The molecule has 0 aromatic rings. The van der Waals surface area contributed by atoms with Crippen LogP contribution >= 0.6 is 0 Å². The maximum absolute atomic E-state index is 8.88. The lowest BCUT2D eigenvalue weighted by Gasteiger charge is -1.98. The monoisotopic (exact) mass is 158 g/mol. The molecule has 0 aromatic carbocycles. The van der Waals surface area contributed by atoms with E-state index in [9.17, 15) is 0 Å². The van der Waals surface area contributed by atoms with E-state index in [0.717, 1.165) is 25.7 Å². The van der Waals surface area contributed by atoms with Gasteiger partial charge in [-0.3, -0.25) is 0 Å². The van der Waals surface area contributed by atoms with Gasteiger partial charge in [-0.05, 0) is 32.6 Å². The van der Waals surface area contributed by atoms with Crippen LogP contribution in [0.3, 0.4) is 0 Å². The molecule has 0 saturated heterocycles. The van der Waals surface area contributed by atoms with Crippen LogP contribution in [0.2, 0.25) is 0 Å². The molecule has 2 heteroatoms. The summed E-state index contributed by atoms with van der Waals surface area (Å²) in [5.41, 5.74) is 0. The third-order valence-corrected chi connectivity index (χ3v) is 1.45. The van der Waals surface area contributed by atoms with Gasteiger partial charge in [-0.15, -0.1) is 0 Å². The predicted molar refractivity (Wildman–Crippen MR) is 46.4 cm³/mol. The zero-order valence-corrected chi connectivity index (χ0v) is 7.16. The SMILES string of the molecule is CC(O)CC/C=C/CCCO. The van der Waals surface area contributed by atoms with E-state index in [2.05, 4.69) is 12.2 Å². The molecule has 2 nitrogen and oxygen atoms in total. The predicted octanol–water partition coefficient (Wildman–Crippen LogP) is 1.48. The highest BCUT2D eigenvalue weighted by molar-refractivity contribution is 4.81. The molecule has 0 aliphatic carbocycles. The number of allylic oxidation sites excluding steroid dienone is 2. The molecule has 2 N–H and O–H groups in total. The summed E-state index contributed by atoms with van der Waals surface area (Å²) in [6, 6.07) is 0. The van der Waals surface area contributed by atoms with Gasteiger partial charge in [0.05, 0.1) is 6.10 Å². The van der Waals surface area contributed by atoms with Crippen LogP contribution in [0.1, 0.15) is 32.6 Å². The van der Waals surface area contributed by atoms with E-state index in [0.29, 0.717) is 0 Å². The second kappa shape index (κ2) is 7.76. The minimum atomic E-state index is -0.197. The van der Waals surface area contributed by atoms with Crippen molar-refractivity contribution in [1.29, 1.82) is 0 Å². The van der Waals surface area contributed by atoms with Gasteiger partial charge in [0.25, 0.3) is 0 Å². The summed E-state index contributed by atoms with van der Waals surface area (Å²) in [6.07, 6.45) is 7.46. The first-order valence-electron chi connectivity index (χ1n) is 4.21. The zero-order valence-electron chi connectivity index (χ0n) is 7.16. The first-order valence-corrected chi connectivity index (χ1v) is 4.21. The number of aliphatic hydroxyl groups is 2. The van der Waals surface area contributed by atoms with Crippen molar-refractivity contribution in [3.05, 3.63) is 12.2 Å². The molecule has 11 heavy (non-hydrogen) atoms. The molecule has 0 saturated carbocycles. The minimum absolute atomic E-state index is 0.197. The Kier molecular flexibility index (Phi) is 7.52. The number of hydrogen-bond acceptors (Lipinski definition) is 2. The highest BCUT2D eigenvalue weighted by atomic mass is 16.3. The summed E-state index contributed by atoms with van der Waals surface area (Å²) in [4.78, 5) is 0. The summed E-state index contributed by atoms with van der Waals surface area (Å²) in [5.74, 6) is 0. The van der Waals surface area contributed by atoms with Crippen LogP contribution in [0.15, 0.2) is 12.2 Å². The lowest BCUT2D eigenvalue weighted by molar-refractivity contribution is 0.186. The van der Waals surface area contributed by atoms with Gasteiger partial charge in [0.15, 0.2) is 0 Å². The molecule has 0 bridgehead atoms. The van der Waals surface area contributed by atoms with E-state index in [1.54, 1.807) is 6.92 Å². The van der Waals surface area contributed by atoms with Crippen LogP contribution in [-0.4, -0.2) is 22.9 Å². The Bertz CT molecular complexity index is 97.7. The Morgan fingerprint density at radius 2 is 1.91 bits per heavy atom. The molecule has 0 radical (unpaired) electrons. The molecule has 0 spiro atoms. The van der Waals surface area contributed by atoms with Crippen molar-refractivity contribution in [2.45, 2.75) is 38.7 Å². The van der Waals surface area contributed by atoms with Crippen molar-refractivity contribution in [3.63, 3.8) is 0 Å². The molecule has 0 amide bonds. The molecule has 1 unspecified atom stereocenters. The second-order valence-corrected chi connectivity index (χ2v) is 2.76. The smallest absolute Gasteiger partial charge is 0.0515 e. The molecular weight excluding hydrogens is 140 g/mol. The van der Waals surface area contributed by atoms with Crippen molar-refractivity contribution in [2.24, 2.45) is 0 Å². The minimum Gasteiger partial charge on any atom is -0.396 e. The average molecular weight is 158 g/mol. The van der Waals surface area contributed by atoms with E-state index in [1.165, 1.54) is 0 Å². The summed E-state index contributed by atoms with van der Waals surface area (Å²) < 4.78 is 0. The molecule has 0 aromatic heterocycles. The lowest BCUT2D eigenvalue weighted by Crippen LogP contribution is -1.96. The van der Waals surface area contributed by atoms with Crippen molar-refractivity contribution in [2.75, 3.05) is 6.61 Å². The Hall–Kier alpha value is -0.340. The number of rotatable bonds is 6. The van der Waals surface area contributed by atoms with Gasteiger partial charge >= 0.3 is 0 Å². The van der Waals surface area contributed by atoms with Crippen LogP contribution in [0, 0.1) is 0 Å². The summed E-state index contributed by atoms with van der Waals surface area (Å²) in [5, 5.41) is 17.3. The average Bonchev–Trinajstić information content (AvgIpc) is 1.96. The fraction of sp³-hybridized carbons (Fsp3) is 0.778. The number of unbranched alkanes of at least 4 members (excludes halogenated alkanes) is 1. The Labute approximate surface area is 68.6 Å². The van der Waals surface area contributed by atoms with Crippen LogP contribution in [0.25, 0.3) is 0 Å². The van der Waals surface area contributed by atoms with Crippen LogP contribution in [0.5, 0.6) is 0 Å². The van der Waals surface area contributed by atoms with Gasteiger partial charge in [0.1, 0.15) is 0 Å². The third kappa shape index (κ3) is 9.66. The van der Waals surface area contributed by atoms with Crippen LogP contribution in [-0.2, 0) is 0 Å². The largest absolute Gasteiger partial charge is 0.396 e. The molecule has 0 rings (SSSR count). The zero-order chi connectivity index (χ0) is 8.53. The van der Waals surface area contributed by atoms with Gasteiger partial charge in [-0.1, -0.05) is 12.2 Å². The topological polar surface area (TPSA) is 40.5 Å². The van der Waals surface area contributed by atoms with Crippen molar-refractivity contribution >= 4 is 0 Å². The standard InChI is InChI=1S/C9H18O2/c1-9(11)7-5-3-2-4-6-8-10/h2-3,9-11H,4-8H2,1H3/b3-2+. The van der Waals surface area contributed by atoms with Gasteiger partial charge < -0.3 is 10.2 Å². The van der Waals surface area contributed by atoms with E-state index >= 15 is 0 Å². The number of aliphatic hydroxyl groups excluding tert-OH is 2. The molecule has 0 aliphatic heterocycles. The lowest BCUT2D eigenvalue weighted by atomic mass is 10.2. The van der Waals surface area contributed by atoms with Crippen molar-refractivity contribution in [1.82, 2.24) is 0 Å². The van der Waals surface area contributed by atoms with Gasteiger partial charge in [-0.2, -0.15) is 0 Å². The third-order valence-electron chi connectivity index (χ3n) is 1.45. The molecule has 66 valence electrons. The molecular formula is C9H18O2. The van der Waals surface area contributed by atoms with Gasteiger partial charge in [0.2, 0.25) is 0 Å². The molecule has 1 atom stereocenters. The van der Waals surface area contributed by atoms with Gasteiger partial charge in [0, 0.05) is 6.61 Å². The van der Waals surface area contributed by atoms with E-state index < -0.39 is 0 Å². The van der Waals surface area contributed by atoms with Crippen molar-refractivity contribution < 1.29 is 10.2 Å². The quantitative estimate of drug-likeness (QED) is 0.454.